The summed E-state index contributed by atoms with van der Waals surface area (Å²) >= 11 is 0. The molecule has 0 heterocycles. The average Bonchev–Trinajstić information content (AvgIpc) is 2.50. The summed E-state index contributed by atoms with van der Waals surface area (Å²) in [5.74, 6) is -1.31. The number of unbranched alkanes of at least 4 members (excludes halogenated alkanes) is 1. The Labute approximate surface area is 132 Å². The van der Waals surface area contributed by atoms with Gasteiger partial charge < -0.3 is 10.6 Å². The van der Waals surface area contributed by atoms with Crippen LogP contribution in [0, 0.1) is 0 Å². The fourth-order valence-electron chi connectivity index (χ4n) is 1.74. The fourth-order valence-corrected chi connectivity index (χ4v) is 1.74. The second kappa shape index (κ2) is 8.17. The minimum atomic E-state index is -4.63. The summed E-state index contributed by atoms with van der Waals surface area (Å²) in [5, 5.41) is 4.75. The summed E-state index contributed by atoms with van der Waals surface area (Å²) in [7, 11) is 0. The van der Waals surface area contributed by atoms with Crippen molar-refractivity contribution < 1.29 is 22.8 Å². The van der Waals surface area contributed by atoms with E-state index in [1.165, 1.54) is 6.07 Å². The molecule has 7 heteroatoms. The van der Waals surface area contributed by atoms with Gasteiger partial charge in [-0.15, -0.1) is 6.58 Å². The smallest absolute Gasteiger partial charge is 0.352 e. The zero-order valence-electron chi connectivity index (χ0n) is 12.4. The van der Waals surface area contributed by atoms with Crippen LogP contribution in [-0.4, -0.2) is 18.4 Å². The molecule has 0 aliphatic rings. The molecular weight excluding hydrogens is 309 g/mol. The molecular formula is C16H17F3N2O2. The summed E-state index contributed by atoms with van der Waals surface area (Å²) in [6, 6.07) is 2.68. The van der Waals surface area contributed by atoms with Gasteiger partial charge in [0.25, 0.3) is 5.91 Å². The Balaban J connectivity index is 3.02. The number of rotatable bonds is 7. The number of allylic oxidation sites excluding steroid dienone is 1. The van der Waals surface area contributed by atoms with Crippen molar-refractivity contribution in [1.82, 2.24) is 5.32 Å². The van der Waals surface area contributed by atoms with Crippen LogP contribution in [0.5, 0.6) is 0 Å². The molecule has 1 aromatic rings. The molecule has 0 spiro atoms. The van der Waals surface area contributed by atoms with Crippen molar-refractivity contribution in [2.75, 3.05) is 11.9 Å². The Morgan fingerprint density at radius 1 is 1.17 bits per heavy atom. The number of hydrogen-bond acceptors (Lipinski definition) is 2. The van der Waals surface area contributed by atoms with E-state index in [1.807, 2.05) is 0 Å². The van der Waals surface area contributed by atoms with Crippen LogP contribution in [0.3, 0.4) is 0 Å². The molecule has 0 fully saturated rings. The van der Waals surface area contributed by atoms with E-state index < -0.39 is 23.6 Å². The number of nitrogens with one attached hydrogen (secondary N) is 2. The Bertz CT molecular complexity index is 610. The van der Waals surface area contributed by atoms with Crippen molar-refractivity contribution in [3.05, 3.63) is 54.6 Å². The predicted octanol–water partition coefficient (Wildman–Crippen LogP) is 3.53. The first-order valence-electron chi connectivity index (χ1n) is 6.82. The second-order valence-corrected chi connectivity index (χ2v) is 4.68. The summed E-state index contributed by atoms with van der Waals surface area (Å²) in [6.45, 7) is 7.07. The van der Waals surface area contributed by atoms with Crippen molar-refractivity contribution >= 4 is 17.5 Å². The largest absolute Gasteiger partial charge is 0.416 e. The third-order valence-electron chi connectivity index (χ3n) is 2.85. The van der Waals surface area contributed by atoms with Gasteiger partial charge in [0.2, 0.25) is 5.91 Å². The Hall–Kier alpha value is -2.57. The molecule has 4 nitrogen and oxygen atoms in total. The van der Waals surface area contributed by atoms with Crippen LogP contribution in [-0.2, 0) is 11.0 Å². The van der Waals surface area contributed by atoms with Crippen LogP contribution >= 0.6 is 0 Å². The van der Waals surface area contributed by atoms with Gasteiger partial charge >= 0.3 is 6.18 Å². The maximum Gasteiger partial charge on any atom is 0.416 e. The van der Waals surface area contributed by atoms with Gasteiger partial charge in [0.05, 0.1) is 5.56 Å². The third kappa shape index (κ3) is 5.98. The molecule has 2 amide bonds. The lowest BCUT2D eigenvalue weighted by Crippen LogP contribution is -2.25. The second-order valence-electron chi connectivity index (χ2n) is 4.68. The quantitative estimate of drug-likeness (QED) is 0.457. The van der Waals surface area contributed by atoms with Gasteiger partial charge in [-0.3, -0.25) is 9.59 Å². The maximum atomic E-state index is 12.9. The lowest BCUT2D eigenvalue weighted by atomic mass is 10.1. The maximum absolute atomic E-state index is 12.9. The van der Waals surface area contributed by atoms with E-state index in [0.29, 0.717) is 19.4 Å². The molecule has 2 N–H and O–H groups in total. The van der Waals surface area contributed by atoms with Gasteiger partial charge in [-0.25, -0.2) is 0 Å². The number of benzene rings is 1. The zero-order valence-corrected chi connectivity index (χ0v) is 12.4. The van der Waals surface area contributed by atoms with Gasteiger partial charge in [0.15, 0.2) is 0 Å². The zero-order chi connectivity index (χ0) is 17.5. The number of alkyl halides is 3. The summed E-state index contributed by atoms with van der Waals surface area (Å²) < 4.78 is 38.7. The molecule has 0 aliphatic heterocycles. The average molecular weight is 326 g/mol. The summed E-state index contributed by atoms with van der Waals surface area (Å²) in [4.78, 5) is 23.2. The molecule has 1 rings (SSSR count). The molecule has 0 unspecified atom stereocenters. The number of anilines is 1. The molecule has 0 bridgehead atoms. The van der Waals surface area contributed by atoms with Gasteiger partial charge in [0.1, 0.15) is 0 Å². The molecule has 0 aromatic heterocycles. The minimum absolute atomic E-state index is 0.124. The molecule has 0 aliphatic carbocycles. The number of carbonyl (C=O) groups is 2. The number of carbonyl (C=O) groups excluding carboxylic acids is 2. The fraction of sp³-hybridized carbons (Fsp3) is 0.250. The first kappa shape index (κ1) is 18.5. The SMILES string of the molecule is C=CCCCNC(=O)c1cc(NC(=O)C=C)cc(C(F)(F)F)c1. The van der Waals surface area contributed by atoms with Crippen molar-refractivity contribution in [1.29, 1.82) is 0 Å². The normalized spacial score (nSPS) is 10.7. The molecule has 0 atom stereocenters. The molecule has 1 aromatic carbocycles. The minimum Gasteiger partial charge on any atom is -0.352 e. The monoisotopic (exact) mass is 326 g/mol. The van der Waals surface area contributed by atoms with E-state index in [0.717, 1.165) is 18.2 Å². The first-order valence-corrected chi connectivity index (χ1v) is 6.82. The highest BCUT2D eigenvalue weighted by molar-refractivity contribution is 6.01. The standard InChI is InChI=1S/C16H17F3N2O2/c1-3-5-6-7-20-15(23)11-8-12(16(17,18)19)10-13(9-11)21-14(22)4-2/h3-4,8-10H,1-2,5-7H2,(H,20,23)(H,21,22). The molecule has 0 radical (unpaired) electrons. The summed E-state index contributed by atoms with van der Waals surface area (Å²) in [6.07, 6.45) is -0.709. The van der Waals surface area contributed by atoms with Crippen molar-refractivity contribution in [3.63, 3.8) is 0 Å². The molecule has 0 saturated carbocycles. The van der Waals surface area contributed by atoms with Crippen molar-refractivity contribution in [2.24, 2.45) is 0 Å². The predicted molar refractivity (Wildman–Crippen MR) is 82.0 cm³/mol. The third-order valence-corrected chi connectivity index (χ3v) is 2.85. The van der Waals surface area contributed by atoms with Crippen LogP contribution in [0.25, 0.3) is 0 Å². The van der Waals surface area contributed by atoms with Crippen LogP contribution in [0.15, 0.2) is 43.5 Å². The Morgan fingerprint density at radius 2 is 1.87 bits per heavy atom. The lowest BCUT2D eigenvalue weighted by Gasteiger charge is -2.12. The number of hydrogen-bond donors (Lipinski definition) is 2. The van der Waals surface area contributed by atoms with Crippen LogP contribution in [0.1, 0.15) is 28.8 Å². The highest BCUT2D eigenvalue weighted by atomic mass is 19.4. The van der Waals surface area contributed by atoms with Crippen LogP contribution < -0.4 is 10.6 Å². The van der Waals surface area contributed by atoms with Gasteiger partial charge in [-0.2, -0.15) is 13.2 Å². The van der Waals surface area contributed by atoms with E-state index in [-0.39, 0.29) is 11.3 Å². The number of halogens is 3. The highest BCUT2D eigenvalue weighted by Crippen LogP contribution is 2.32. The van der Waals surface area contributed by atoms with Crippen LogP contribution in [0.2, 0.25) is 0 Å². The van der Waals surface area contributed by atoms with Gasteiger partial charge in [-0.1, -0.05) is 12.7 Å². The van der Waals surface area contributed by atoms with Crippen LogP contribution in [0.4, 0.5) is 18.9 Å². The van der Waals surface area contributed by atoms with E-state index in [2.05, 4.69) is 23.8 Å². The molecule has 124 valence electrons. The molecule has 23 heavy (non-hydrogen) atoms. The Kier molecular flexibility index (Phi) is 6.56. The van der Waals surface area contributed by atoms with Crippen molar-refractivity contribution in [3.8, 4) is 0 Å². The number of amides is 2. The van der Waals surface area contributed by atoms with Gasteiger partial charge in [0, 0.05) is 17.8 Å². The van der Waals surface area contributed by atoms with E-state index >= 15 is 0 Å². The van der Waals surface area contributed by atoms with E-state index in [9.17, 15) is 22.8 Å². The highest BCUT2D eigenvalue weighted by Gasteiger charge is 2.32. The lowest BCUT2D eigenvalue weighted by molar-refractivity contribution is -0.137. The van der Waals surface area contributed by atoms with Gasteiger partial charge in [-0.05, 0) is 37.1 Å². The van der Waals surface area contributed by atoms with E-state index in [4.69, 9.17) is 0 Å². The van der Waals surface area contributed by atoms with Crippen molar-refractivity contribution in [2.45, 2.75) is 19.0 Å². The first-order chi connectivity index (χ1) is 10.8. The molecule has 0 saturated heterocycles. The van der Waals surface area contributed by atoms with E-state index in [1.54, 1.807) is 6.08 Å². The summed E-state index contributed by atoms with van der Waals surface area (Å²) in [5.41, 5.74) is -1.32. The Morgan fingerprint density at radius 3 is 2.43 bits per heavy atom. The topological polar surface area (TPSA) is 58.2 Å².